The molecule has 0 amide bonds. The summed E-state index contributed by atoms with van der Waals surface area (Å²) in [5.74, 6) is -0.917. The molecule has 122 valence electrons. The first-order valence-corrected chi connectivity index (χ1v) is 8.16. The maximum atomic E-state index is 10.6. The summed E-state index contributed by atoms with van der Waals surface area (Å²) in [6.45, 7) is 7.37. The fraction of sp³-hybridized carbons (Fsp3) is 0.400. The average Bonchev–Trinajstić information content (AvgIpc) is 3.07. The normalized spacial score (nSPS) is 26.5. The number of rotatable bonds is 4. The molecule has 0 aliphatic heterocycles. The molecular formula is C15H21NO5S. The van der Waals surface area contributed by atoms with E-state index in [1.165, 1.54) is 12.1 Å². The largest absolute Gasteiger partial charge is 0.480 e. The molecule has 1 aromatic rings. The summed E-state index contributed by atoms with van der Waals surface area (Å²) < 4.78 is 29.6. The highest BCUT2D eigenvalue weighted by molar-refractivity contribution is 7.85. The number of carboxylic acids is 1. The maximum Gasteiger partial charge on any atom is 0.324 e. The predicted octanol–water partition coefficient (Wildman–Crippen LogP) is 2.00. The molecule has 1 fully saturated rings. The Morgan fingerprint density at radius 3 is 2.14 bits per heavy atom. The SMILES string of the molecule is C=C[C@]1(CC)C[C@]1(N)C(=O)O.Cc1ccc(S(=O)(=O)O)cc1. The number of carboxylic acid groups (broad SMARTS) is 1. The van der Waals surface area contributed by atoms with E-state index in [1.54, 1.807) is 18.2 Å². The first-order chi connectivity index (χ1) is 10.0. The summed E-state index contributed by atoms with van der Waals surface area (Å²) in [6.07, 6.45) is 2.94. The summed E-state index contributed by atoms with van der Waals surface area (Å²) in [7, 11) is -4.02. The second-order valence-electron chi connectivity index (χ2n) is 5.46. The van der Waals surface area contributed by atoms with Gasteiger partial charge in [-0.25, -0.2) is 0 Å². The molecule has 1 aliphatic rings. The number of carbonyl (C=O) groups is 1. The van der Waals surface area contributed by atoms with Gasteiger partial charge in [0.25, 0.3) is 10.1 Å². The van der Waals surface area contributed by atoms with Crippen LogP contribution in [0.5, 0.6) is 0 Å². The van der Waals surface area contributed by atoms with Crippen molar-refractivity contribution in [3.05, 3.63) is 42.5 Å². The Labute approximate surface area is 130 Å². The van der Waals surface area contributed by atoms with Crippen LogP contribution in [0.1, 0.15) is 25.3 Å². The molecule has 0 saturated heterocycles. The van der Waals surface area contributed by atoms with Gasteiger partial charge >= 0.3 is 5.97 Å². The minimum atomic E-state index is -4.02. The lowest BCUT2D eigenvalue weighted by Gasteiger charge is -2.12. The van der Waals surface area contributed by atoms with Gasteiger partial charge in [-0.05, 0) is 31.9 Å². The Hall–Kier alpha value is -1.70. The lowest BCUT2D eigenvalue weighted by atomic mass is 9.97. The van der Waals surface area contributed by atoms with Crippen LogP contribution in [0.3, 0.4) is 0 Å². The molecule has 1 saturated carbocycles. The van der Waals surface area contributed by atoms with Crippen LogP contribution in [0, 0.1) is 12.3 Å². The molecule has 1 aromatic carbocycles. The quantitative estimate of drug-likeness (QED) is 0.575. The third-order valence-electron chi connectivity index (χ3n) is 4.08. The molecular weight excluding hydrogens is 306 g/mol. The third kappa shape index (κ3) is 3.55. The van der Waals surface area contributed by atoms with Gasteiger partial charge in [0.05, 0.1) is 4.90 Å². The van der Waals surface area contributed by atoms with Gasteiger partial charge in [0.15, 0.2) is 0 Å². The predicted molar refractivity (Wildman–Crippen MR) is 83.1 cm³/mol. The van der Waals surface area contributed by atoms with Crippen LogP contribution in [0.4, 0.5) is 0 Å². The van der Waals surface area contributed by atoms with Gasteiger partial charge in [0.1, 0.15) is 5.54 Å². The van der Waals surface area contributed by atoms with E-state index in [1.807, 2.05) is 13.8 Å². The number of benzene rings is 1. The fourth-order valence-electron chi connectivity index (χ4n) is 2.29. The first kappa shape index (κ1) is 18.3. The van der Waals surface area contributed by atoms with E-state index in [0.717, 1.165) is 12.0 Å². The van der Waals surface area contributed by atoms with Crippen LogP contribution >= 0.6 is 0 Å². The van der Waals surface area contributed by atoms with Gasteiger partial charge in [0, 0.05) is 5.41 Å². The minimum absolute atomic E-state index is 0.0666. The standard InChI is InChI=1S/C8H13NO2.C7H8O3S/c1-3-7(4-2)5-8(7,9)6(10)11;1-6-2-4-7(5-3-6)11(8,9)10/h3H,1,4-5,9H2,2H3,(H,10,11);2-5H,1H3,(H,8,9,10)/t7-,8-;/m0./s1. The van der Waals surface area contributed by atoms with Crippen LogP contribution in [-0.4, -0.2) is 29.6 Å². The zero-order chi connectivity index (χ0) is 17.2. The van der Waals surface area contributed by atoms with Crippen molar-refractivity contribution in [3.8, 4) is 0 Å². The van der Waals surface area contributed by atoms with Crippen molar-refractivity contribution in [1.29, 1.82) is 0 Å². The van der Waals surface area contributed by atoms with Crippen molar-refractivity contribution in [2.75, 3.05) is 0 Å². The summed E-state index contributed by atoms with van der Waals surface area (Å²) in [5.41, 5.74) is 5.19. The lowest BCUT2D eigenvalue weighted by Crippen LogP contribution is -2.38. The number of aliphatic carboxylic acids is 1. The lowest BCUT2D eigenvalue weighted by molar-refractivity contribution is -0.140. The van der Waals surface area contributed by atoms with E-state index in [-0.39, 0.29) is 10.3 Å². The molecule has 2 atom stereocenters. The number of hydrogen-bond acceptors (Lipinski definition) is 4. The monoisotopic (exact) mass is 327 g/mol. The molecule has 0 bridgehead atoms. The Morgan fingerprint density at radius 2 is 1.91 bits per heavy atom. The molecule has 0 unspecified atom stereocenters. The summed E-state index contributed by atoms with van der Waals surface area (Å²) >= 11 is 0. The third-order valence-corrected chi connectivity index (χ3v) is 4.95. The van der Waals surface area contributed by atoms with Gasteiger partial charge in [-0.3, -0.25) is 9.35 Å². The van der Waals surface area contributed by atoms with E-state index < -0.39 is 21.6 Å². The first-order valence-electron chi connectivity index (χ1n) is 6.72. The zero-order valence-corrected chi connectivity index (χ0v) is 13.4. The van der Waals surface area contributed by atoms with Crippen molar-refractivity contribution >= 4 is 16.1 Å². The van der Waals surface area contributed by atoms with Gasteiger partial charge in [-0.2, -0.15) is 8.42 Å². The molecule has 0 heterocycles. The van der Waals surface area contributed by atoms with Crippen LogP contribution in [0.2, 0.25) is 0 Å². The van der Waals surface area contributed by atoms with E-state index in [9.17, 15) is 13.2 Å². The molecule has 1 aliphatic carbocycles. The molecule has 2 rings (SSSR count). The van der Waals surface area contributed by atoms with Crippen molar-refractivity contribution in [2.45, 2.75) is 37.1 Å². The molecule has 0 spiro atoms. The molecule has 7 heteroatoms. The highest BCUT2D eigenvalue weighted by atomic mass is 32.2. The maximum absolute atomic E-state index is 10.6. The van der Waals surface area contributed by atoms with E-state index in [0.29, 0.717) is 6.42 Å². The van der Waals surface area contributed by atoms with Crippen LogP contribution in [-0.2, 0) is 14.9 Å². The highest BCUT2D eigenvalue weighted by Gasteiger charge is 2.67. The Bertz CT molecular complexity index is 666. The van der Waals surface area contributed by atoms with E-state index >= 15 is 0 Å². The van der Waals surface area contributed by atoms with Gasteiger partial charge < -0.3 is 10.8 Å². The van der Waals surface area contributed by atoms with Crippen LogP contribution < -0.4 is 5.73 Å². The minimum Gasteiger partial charge on any atom is -0.480 e. The zero-order valence-electron chi connectivity index (χ0n) is 12.6. The number of hydrogen-bond donors (Lipinski definition) is 3. The van der Waals surface area contributed by atoms with Gasteiger partial charge in [-0.15, -0.1) is 6.58 Å². The molecule has 22 heavy (non-hydrogen) atoms. The van der Waals surface area contributed by atoms with Gasteiger partial charge in [0.2, 0.25) is 0 Å². The highest BCUT2D eigenvalue weighted by Crippen LogP contribution is 2.57. The Kier molecular flexibility index (Phi) is 5.17. The van der Waals surface area contributed by atoms with Crippen molar-refractivity contribution in [2.24, 2.45) is 11.1 Å². The van der Waals surface area contributed by atoms with Crippen molar-refractivity contribution in [1.82, 2.24) is 0 Å². The summed E-state index contributed by atoms with van der Waals surface area (Å²) in [5, 5.41) is 8.74. The van der Waals surface area contributed by atoms with Crippen molar-refractivity contribution < 1.29 is 22.9 Å². The smallest absolute Gasteiger partial charge is 0.324 e. The summed E-state index contributed by atoms with van der Waals surface area (Å²) in [6, 6.07) is 5.99. The fourth-order valence-corrected chi connectivity index (χ4v) is 2.77. The van der Waals surface area contributed by atoms with Crippen LogP contribution in [0.15, 0.2) is 41.8 Å². The van der Waals surface area contributed by atoms with E-state index in [2.05, 4.69) is 6.58 Å². The average molecular weight is 327 g/mol. The Morgan fingerprint density at radius 1 is 1.41 bits per heavy atom. The Balaban J connectivity index is 0.000000220. The molecule has 6 nitrogen and oxygen atoms in total. The number of nitrogens with two attached hydrogens (primary N) is 1. The van der Waals surface area contributed by atoms with Gasteiger partial charge in [-0.1, -0.05) is 30.7 Å². The van der Waals surface area contributed by atoms with E-state index in [4.69, 9.17) is 15.4 Å². The molecule has 4 N–H and O–H groups in total. The molecule has 0 aromatic heterocycles. The molecule has 0 radical (unpaired) electrons. The summed E-state index contributed by atoms with van der Waals surface area (Å²) in [4.78, 5) is 10.6. The topological polar surface area (TPSA) is 118 Å². The second kappa shape index (κ2) is 6.20. The van der Waals surface area contributed by atoms with Crippen LogP contribution in [0.25, 0.3) is 0 Å². The second-order valence-corrected chi connectivity index (χ2v) is 6.88. The van der Waals surface area contributed by atoms with Crippen molar-refractivity contribution in [3.63, 3.8) is 0 Å². The number of aryl methyl sites for hydroxylation is 1.